The largest absolute Gasteiger partial charge is 0.457 e. The summed E-state index contributed by atoms with van der Waals surface area (Å²) in [5, 5.41) is 3.24. The number of hydrogen-bond acceptors (Lipinski definition) is 5. The smallest absolute Gasteiger partial charge is 0.343 e. The van der Waals surface area contributed by atoms with Crippen molar-refractivity contribution in [3.8, 4) is 17.2 Å². The van der Waals surface area contributed by atoms with E-state index < -0.39 is 18.1 Å². The van der Waals surface area contributed by atoms with Crippen molar-refractivity contribution in [2.45, 2.75) is 34.1 Å². The van der Waals surface area contributed by atoms with E-state index >= 15 is 0 Å². The summed E-state index contributed by atoms with van der Waals surface area (Å²) in [6, 6.07) is 23.7. The molecule has 1 aromatic heterocycles. The zero-order valence-electron chi connectivity index (χ0n) is 23.5. The summed E-state index contributed by atoms with van der Waals surface area (Å²) in [6.45, 7) is 7.41. The second-order valence-electron chi connectivity index (χ2n) is 10.1. The predicted octanol–water partition coefficient (Wildman–Crippen LogP) is 8.67. The molecule has 5 rings (SSSR count). The Bertz CT molecular complexity index is 1800. The molecule has 0 atom stereocenters. The third kappa shape index (κ3) is 6.28. The Kier molecular flexibility index (Phi) is 7.97. The van der Waals surface area contributed by atoms with E-state index in [1.54, 1.807) is 73.7 Å². The minimum Gasteiger partial charge on any atom is -0.457 e. The minimum atomic E-state index is -2.85. The van der Waals surface area contributed by atoms with E-state index in [0.717, 1.165) is 22.8 Å². The quantitative estimate of drug-likeness (QED) is 0.200. The van der Waals surface area contributed by atoms with Gasteiger partial charge >= 0.3 is 5.97 Å². The molecule has 212 valence electrons. The number of hydrogen-bond donors (Lipinski definition) is 1. The van der Waals surface area contributed by atoms with Gasteiger partial charge in [-0.05, 0) is 93.4 Å². The van der Waals surface area contributed by atoms with E-state index in [4.69, 9.17) is 9.47 Å². The Morgan fingerprint density at radius 1 is 0.738 bits per heavy atom. The summed E-state index contributed by atoms with van der Waals surface area (Å²) < 4.78 is 39.2. The third-order valence-electron chi connectivity index (χ3n) is 6.75. The van der Waals surface area contributed by atoms with Gasteiger partial charge in [-0.1, -0.05) is 35.4 Å². The average Bonchev–Trinajstić information content (AvgIpc) is 2.95. The fraction of sp³-hybridized carbons (Fsp3) is 0.147. The molecule has 1 heterocycles. The van der Waals surface area contributed by atoms with Crippen LogP contribution in [-0.4, -0.2) is 16.9 Å². The SMILES string of the molecule is Cc1ccc(C(=O)Nc2ccc(Oc3cc(C)c4nc(C(F)F)cc(OC(=O)c5ccc(C)cc5)c4c3)c(C)c2)cc1. The van der Waals surface area contributed by atoms with E-state index in [2.05, 4.69) is 10.3 Å². The Morgan fingerprint density at radius 3 is 2.00 bits per heavy atom. The van der Waals surface area contributed by atoms with E-state index in [-0.39, 0.29) is 17.2 Å². The number of halogens is 2. The predicted molar refractivity (Wildman–Crippen MR) is 158 cm³/mol. The number of aryl methyl sites for hydroxylation is 4. The fourth-order valence-corrected chi connectivity index (χ4v) is 4.44. The number of benzene rings is 4. The number of aromatic nitrogens is 1. The maximum Gasteiger partial charge on any atom is 0.343 e. The first-order chi connectivity index (χ1) is 20.1. The lowest BCUT2D eigenvalue weighted by atomic mass is 10.1. The molecule has 8 heteroatoms. The summed E-state index contributed by atoms with van der Waals surface area (Å²) in [6.07, 6.45) is -2.85. The number of esters is 1. The number of carbonyl (C=O) groups excluding carboxylic acids is 2. The lowest BCUT2D eigenvalue weighted by molar-refractivity contribution is 0.0735. The topological polar surface area (TPSA) is 77.5 Å². The van der Waals surface area contributed by atoms with E-state index in [0.29, 0.717) is 39.3 Å². The van der Waals surface area contributed by atoms with Gasteiger partial charge in [-0.25, -0.2) is 18.6 Å². The van der Waals surface area contributed by atoms with Crippen molar-refractivity contribution in [1.29, 1.82) is 0 Å². The van der Waals surface area contributed by atoms with Crippen LogP contribution in [0.25, 0.3) is 10.9 Å². The number of nitrogens with one attached hydrogen (secondary N) is 1. The van der Waals surface area contributed by atoms with Crippen LogP contribution in [0.2, 0.25) is 0 Å². The Hall–Kier alpha value is -5.11. The number of nitrogens with zero attached hydrogens (tertiary/aromatic N) is 1. The van der Waals surface area contributed by atoms with Gasteiger partial charge in [-0.2, -0.15) is 0 Å². The summed E-state index contributed by atoms with van der Waals surface area (Å²) >= 11 is 0. The molecule has 0 aliphatic heterocycles. The molecule has 1 N–H and O–H groups in total. The molecule has 0 saturated heterocycles. The van der Waals surface area contributed by atoms with Gasteiger partial charge in [0, 0.05) is 22.7 Å². The highest BCUT2D eigenvalue weighted by atomic mass is 19.3. The molecular formula is C34H28F2N2O4. The monoisotopic (exact) mass is 566 g/mol. The van der Waals surface area contributed by atoms with E-state index in [1.165, 1.54) is 0 Å². The molecule has 0 unspecified atom stereocenters. The van der Waals surface area contributed by atoms with Crippen molar-refractivity contribution >= 4 is 28.5 Å². The van der Waals surface area contributed by atoms with Crippen LogP contribution < -0.4 is 14.8 Å². The zero-order valence-corrected chi connectivity index (χ0v) is 23.5. The lowest BCUT2D eigenvalue weighted by Crippen LogP contribution is -2.11. The van der Waals surface area contributed by atoms with E-state index in [1.807, 2.05) is 32.9 Å². The van der Waals surface area contributed by atoms with E-state index in [9.17, 15) is 18.4 Å². The normalized spacial score (nSPS) is 11.0. The summed E-state index contributed by atoms with van der Waals surface area (Å²) in [5.74, 6) is -0.0149. The van der Waals surface area contributed by atoms with Crippen LogP contribution in [0.15, 0.2) is 84.9 Å². The van der Waals surface area contributed by atoms with Crippen molar-refractivity contribution in [1.82, 2.24) is 4.98 Å². The maximum atomic E-state index is 13.7. The number of alkyl halides is 2. The van der Waals surface area contributed by atoms with Gasteiger partial charge in [-0.3, -0.25) is 4.79 Å². The molecule has 4 aromatic carbocycles. The average molecular weight is 567 g/mol. The number of anilines is 1. The number of rotatable bonds is 7. The third-order valence-corrected chi connectivity index (χ3v) is 6.75. The highest BCUT2D eigenvalue weighted by Gasteiger charge is 2.20. The first-order valence-electron chi connectivity index (χ1n) is 13.3. The molecule has 5 aromatic rings. The Morgan fingerprint density at radius 2 is 1.38 bits per heavy atom. The van der Waals surface area contributed by atoms with Crippen LogP contribution >= 0.6 is 0 Å². The van der Waals surface area contributed by atoms with Crippen LogP contribution in [0.4, 0.5) is 14.5 Å². The number of pyridine rings is 1. The van der Waals surface area contributed by atoms with Gasteiger partial charge in [0.05, 0.1) is 11.1 Å². The minimum absolute atomic E-state index is 0.0414. The van der Waals surface area contributed by atoms with Crippen LogP contribution in [0.5, 0.6) is 17.2 Å². The van der Waals surface area contributed by atoms with Crippen molar-refractivity contribution in [3.63, 3.8) is 0 Å². The summed E-state index contributed by atoms with van der Waals surface area (Å²) in [7, 11) is 0. The standard InChI is InChI=1S/C34H28F2N2O4/c1-19-5-9-23(10-6-19)33(39)37-25-13-14-29(21(3)15-25)41-26-16-22(4)31-27(17-26)30(18-28(38-31)32(35)36)42-34(40)24-11-7-20(2)8-12-24/h5-18,32H,1-4H3,(H,37,39). The first kappa shape index (κ1) is 28.4. The van der Waals surface area contributed by atoms with Gasteiger partial charge in [0.15, 0.2) is 0 Å². The Labute approximate surface area is 241 Å². The van der Waals surface area contributed by atoms with Gasteiger partial charge in [0.1, 0.15) is 22.9 Å². The van der Waals surface area contributed by atoms with Gasteiger partial charge in [-0.15, -0.1) is 0 Å². The van der Waals surface area contributed by atoms with Crippen LogP contribution in [0.1, 0.15) is 55.1 Å². The number of ether oxygens (including phenoxy) is 2. The molecule has 0 aliphatic rings. The second kappa shape index (κ2) is 11.8. The van der Waals surface area contributed by atoms with Crippen molar-refractivity contribution in [2.75, 3.05) is 5.32 Å². The number of amides is 1. The first-order valence-corrected chi connectivity index (χ1v) is 13.3. The summed E-state index contributed by atoms with van der Waals surface area (Å²) in [5.41, 5.74) is 4.58. The van der Waals surface area contributed by atoms with Crippen LogP contribution in [-0.2, 0) is 0 Å². The van der Waals surface area contributed by atoms with Crippen LogP contribution in [0, 0.1) is 27.7 Å². The molecule has 0 radical (unpaired) electrons. The maximum absolute atomic E-state index is 13.7. The van der Waals surface area contributed by atoms with Gasteiger partial charge < -0.3 is 14.8 Å². The molecule has 1 amide bonds. The number of carbonyl (C=O) groups is 2. The van der Waals surface area contributed by atoms with Gasteiger partial charge in [0.25, 0.3) is 12.3 Å². The molecule has 0 spiro atoms. The molecular weight excluding hydrogens is 538 g/mol. The zero-order chi connectivity index (χ0) is 30.0. The molecule has 0 fully saturated rings. The number of fused-ring (bicyclic) bond motifs is 1. The van der Waals surface area contributed by atoms with Crippen molar-refractivity contribution < 1.29 is 27.8 Å². The molecule has 0 saturated carbocycles. The Balaban J connectivity index is 1.43. The molecule has 0 aliphatic carbocycles. The van der Waals surface area contributed by atoms with Gasteiger partial charge in [0.2, 0.25) is 0 Å². The highest BCUT2D eigenvalue weighted by Crippen LogP contribution is 2.37. The second-order valence-corrected chi connectivity index (χ2v) is 10.1. The highest BCUT2D eigenvalue weighted by molar-refractivity contribution is 6.04. The van der Waals surface area contributed by atoms with Crippen LogP contribution in [0.3, 0.4) is 0 Å². The molecule has 42 heavy (non-hydrogen) atoms. The fourth-order valence-electron chi connectivity index (χ4n) is 4.44. The molecule has 6 nitrogen and oxygen atoms in total. The van der Waals surface area contributed by atoms with Crippen molar-refractivity contribution in [3.05, 3.63) is 124 Å². The molecule has 0 bridgehead atoms. The lowest BCUT2D eigenvalue weighted by Gasteiger charge is -2.15. The summed E-state index contributed by atoms with van der Waals surface area (Å²) in [4.78, 5) is 29.6. The van der Waals surface area contributed by atoms with Crippen molar-refractivity contribution in [2.24, 2.45) is 0 Å².